The molecule has 5 aromatic rings. The summed E-state index contributed by atoms with van der Waals surface area (Å²) in [5.74, 6) is 0. The molecule has 1 aliphatic rings. The molecule has 6 heteroatoms. The van der Waals surface area contributed by atoms with E-state index in [0.29, 0.717) is 38.1 Å². The Bertz CT molecular complexity index is 1650. The van der Waals surface area contributed by atoms with E-state index in [4.69, 9.17) is 35.3 Å². The minimum atomic E-state index is -0.483. The molecule has 0 spiro atoms. The SMILES string of the molecule is Clc1ccc(/C=C/[C@H]2O[C@H](COCc3ccccc3)[C@@H](OCc3ccccc3)[C@H](OCc3ccccc3)[C@@H]2OCc2ccccc2)cc1. The molecule has 0 unspecified atom stereocenters. The molecule has 246 valence electrons. The van der Waals surface area contributed by atoms with Crippen molar-refractivity contribution >= 4 is 17.7 Å². The van der Waals surface area contributed by atoms with Gasteiger partial charge in [0.1, 0.15) is 30.5 Å². The van der Waals surface area contributed by atoms with Crippen LogP contribution in [-0.4, -0.2) is 37.1 Å². The van der Waals surface area contributed by atoms with Crippen LogP contribution in [0.2, 0.25) is 5.02 Å². The van der Waals surface area contributed by atoms with Crippen molar-refractivity contribution in [2.75, 3.05) is 6.61 Å². The number of rotatable bonds is 15. The van der Waals surface area contributed by atoms with Crippen LogP contribution in [0, 0.1) is 0 Å². The highest BCUT2D eigenvalue weighted by atomic mass is 35.5. The topological polar surface area (TPSA) is 46.2 Å². The fourth-order valence-corrected chi connectivity index (χ4v) is 5.89. The Hall–Kier alpha value is -4.07. The van der Waals surface area contributed by atoms with Gasteiger partial charge in [-0.25, -0.2) is 0 Å². The maximum Gasteiger partial charge on any atom is 0.116 e. The highest BCUT2D eigenvalue weighted by molar-refractivity contribution is 6.30. The van der Waals surface area contributed by atoms with Crippen LogP contribution in [-0.2, 0) is 50.1 Å². The molecule has 0 aliphatic carbocycles. The van der Waals surface area contributed by atoms with Gasteiger partial charge in [-0.3, -0.25) is 0 Å². The minimum absolute atomic E-state index is 0.316. The molecule has 0 N–H and O–H groups in total. The third kappa shape index (κ3) is 9.97. The van der Waals surface area contributed by atoms with Crippen molar-refractivity contribution in [1.82, 2.24) is 0 Å². The minimum Gasteiger partial charge on any atom is -0.374 e. The number of ether oxygens (including phenoxy) is 5. The summed E-state index contributed by atoms with van der Waals surface area (Å²) in [6.07, 6.45) is 1.77. The van der Waals surface area contributed by atoms with Crippen LogP contribution >= 0.6 is 11.6 Å². The Kier molecular flexibility index (Phi) is 12.6. The summed E-state index contributed by atoms with van der Waals surface area (Å²) in [7, 11) is 0. The van der Waals surface area contributed by atoms with Crippen LogP contribution in [0.25, 0.3) is 6.08 Å². The second kappa shape index (κ2) is 17.9. The molecular weight excluding hydrogens is 620 g/mol. The molecule has 0 amide bonds. The second-order valence-electron chi connectivity index (χ2n) is 11.8. The van der Waals surface area contributed by atoms with Gasteiger partial charge < -0.3 is 23.7 Å². The smallest absolute Gasteiger partial charge is 0.116 e. The van der Waals surface area contributed by atoms with Gasteiger partial charge in [0.25, 0.3) is 0 Å². The molecule has 0 saturated carbocycles. The first kappa shape index (κ1) is 33.8. The van der Waals surface area contributed by atoms with Gasteiger partial charge in [0.2, 0.25) is 0 Å². The summed E-state index contributed by atoms with van der Waals surface area (Å²) in [5, 5.41) is 0.688. The molecular formula is C42H41ClO5. The van der Waals surface area contributed by atoms with Gasteiger partial charge in [-0.05, 0) is 39.9 Å². The largest absolute Gasteiger partial charge is 0.374 e. The fourth-order valence-electron chi connectivity index (χ4n) is 5.76. The van der Waals surface area contributed by atoms with Gasteiger partial charge >= 0.3 is 0 Å². The lowest BCUT2D eigenvalue weighted by Crippen LogP contribution is -2.60. The lowest BCUT2D eigenvalue weighted by Gasteiger charge is -2.45. The Morgan fingerprint density at radius 1 is 0.500 bits per heavy atom. The molecule has 0 aromatic heterocycles. The van der Waals surface area contributed by atoms with Crippen LogP contribution in [0.3, 0.4) is 0 Å². The average molecular weight is 661 g/mol. The zero-order chi connectivity index (χ0) is 32.8. The van der Waals surface area contributed by atoms with E-state index < -0.39 is 30.5 Å². The first-order valence-corrected chi connectivity index (χ1v) is 16.8. The van der Waals surface area contributed by atoms with Crippen molar-refractivity contribution in [2.24, 2.45) is 0 Å². The second-order valence-corrected chi connectivity index (χ2v) is 12.3. The zero-order valence-corrected chi connectivity index (χ0v) is 27.6. The summed E-state index contributed by atoms with van der Waals surface area (Å²) in [6, 6.07) is 48.4. The molecule has 6 rings (SSSR count). The van der Waals surface area contributed by atoms with Crippen LogP contribution < -0.4 is 0 Å². The van der Waals surface area contributed by atoms with Crippen molar-refractivity contribution in [1.29, 1.82) is 0 Å². The summed E-state index contributed by atoms with van der Waals surface area (Å²) < 4.78 is 33.5. The molecule has 1 aliphatic heterocycles. The molecule has 1 saturated heterocycles. The maximum atomic E-state index is 6.89. The summed E-state index contributed by atoms with van der Waals surface area (Å²) in [6.45, 7) is 1.96. The number of hydrogen-bond acceptors (Lipinski definition) is 5. The van der Waals surface area contributed by atoms with Gasteiger partial charge in [-0.2, -0.15) is 0 Å². The Balaban J connectivity index is 1.32. The Morgan fingerprint density at radius 3 is 1.44 bits per heavy atom. The van der Waals surface area contributed by atoms with Crippen LogP contribution in [0.5, 0.6) is 0 Å². The van der Waals surface area contributed by atoms with Gasteiger partial charge in [0.15, 0.2) is 0 Å². The number of benzene rings is 5. The van der Waals surface area contributed by atoms with E-state index in [1.54, 1.807) is 0 Å². The summed E-state index contributed by atoms with van der Waals surface area (Å²) in [5.41, 5.74) is 5.29. The van der Waals surface area contributed by atoms with Crippen molar-refractivity contribution in [2.45, 2.75) is 56.9 Å². The van der Waals surface area contributed by atoms with E-state index >= 15 is 0 Å². The monoisotopic (exact) mass is 660 g/mol. The molecule has 0 radical (unpaired) electrons. The summed E-state index contributed by atoms with van der Waals surface area (Å²) in [4.78, 5) is 0. The van der Waals surface area contributed by atoms with E-state index in [2.05, 4.69) is 54.6 Å². The molecule has 48 heavy (non-hydrogen) atoms. The highest BCUT2D eigenvalue weighted by Crippen LogP contribution is 2.32. The first-order valence-electron chi connectivity index (χ1n) is 16.4. The van der Waals surface area contributed by atoms with Crippen molar-refractivity contribution in [3.63, 3.8) is 0 Å². The molecule has 1 heterocycles. The van der Waals surface area contributed by atoms with E-state index in [1.165, 1.54) is 0 Å². The first-order chi connectivity index (χ1) is 23.7. The lowest BCUT2D eigenvalue weighted by molar-refractivity contribution is -0.263. The normalized spacial score (nSPS) is 21.0. The molecule has 5 aromatic carbocycles. The standard InChI is InChI=1S/C42H41ClO5/c43-37-24-21-32(22-25-37)23-26-38-40(45-28-34-15-7-2-8-16-34)42(47-30-36-19-11-4-12-20-36)41(46-29-35-17-9-3-10-18-35)39(48-38)31-44-27-33-13-5-1-6-14-33/h1-26,38-42H,27-31H2/b26-23+/t38-,39-,40-,41-,42-/m1/s1. The van der Waals surface area contributed by atoms with Crippen molar-refractivity contribution in [3.05, 3.63) is 185 Å². The molecule has 5 nitrogen and oxygen atoms in total. The number of hydrogen-bond donors (Lipinski definition) is 0. The van der Waals surface area contributed by atoms with E-state index in [9.17, 15) is 0 Å². The predicted octanol–water partition coefficient (Wildman–Crippen LogP) is 9.09. The van der Waals surface area contributed by atoms with E-state index in [0.717, 1.165) is 27.8 Å². The third-order valence-corrected chi connectivity index (χ3v) is 8.52. The molecule has 1 fully saturated rings. The van der Waals surface area contributed by atoms with Crippen molar-refractivity contribution in [3.8, 4) is 0 Å². The van der Waals surface area contributed by atoms with Gasteiger partial charge in [0.05, 0.1) is 33.0 Å². The Labute approximate surface area is 288 Å². The van der Waals surface area contributed by atoms with E-state index in [-0.39, 0.29) is 0 Å². The quantitative estimate of drug-likeness (QED) is 0.112. The third-order valence-electron chi connectivity index (χ3n) is 8.27. The van der Waals surface area contributed by atoms with Crippen molar-refractivity contribution < 1.29 is 23.7 Å². The highest BCUT2D eigenvalue weighted by Gasteiger charge is 2.47. The molecule has 0 bridgehead atoms. The lowest BCUT2D eigenvalue weighted by atomic mass is 9.93. The van der Waals surface area contributed by atoms with Crippen LogP contribution in [0.1, 0.15) is 27.8 Å². The van der Waals surface area contributed by atoms with E-state index in [1.807, 2.05) is 103 Å². The maximum absolute atomic E-state index is 6.89. The fraction of sp³-hybridized carbons (Fsp3) is 0.238. The van der Waals surface area contributed by atoms with Gasteiger partial charge in [-0.15, -0.1) is 0 Å². The van der Waals surface area contributed by atoms with Gasteiger partial charge in [0, 0.05) is 5.02 Å². The number of halogens is 1. The van der Waals surface area contributed by atoms with Gasteiger partial charge in [-0.1, -0.05) is 157 Å². The summed E-state index contributed by atoms with van der Waals surface area (Å²) >= 11 is 6.18. The Morgan fingerprint density at radius 2 is 0.938 bits per heavy atom. The molecule has 5 atom stereocenters. The van der Waals surface area contributed by atoms with Crippen LogP contribution in [0.4, 0.5) is 0 Å². The van der Waals surface area contributed by atoms with Crippen LogP contribution in [0.15, 0.2) is 152 Å². The zero-order valence-electron chi connectivity index (χ0n) is 26.9. The predicted molar refractivity (Wildman–Crippen MR) is 190 cm³/mol. The average Bonchev–Trinajstić information content (AvgIpc) is 3.14.